The predicted octanol–water partition coefficient (Wildman–Crippen LogP) is 9.88. The Morgan fingerprint density at radius 2 is 0.929 bits per heavy atom. The van der Waals surface area contributed by atoms with Crippen LogP contribution in [0.15, 0.2) is 0 Å². The molecular formula is C36H70N2O4. The zero-order valence-electron chi connectivity index (χ0n) is 28.1. The second kappa shape index (κ2) is 30.9. The third-order valence-electron chi connectivity index (χ3n) is 8.55. The standard InChI is InChI=1S/C36H70N2O4/c1-4-7-10-13-15-16-18-21-24-30-34(39)37-31-26-25-29-33(36(41)42)38-35(40)32(27-22-19-12-9-6-3)28-23-20-17-14-11-8-5-2/h32-33H,4-31H2,1-3H3,(H,37,39)(H,38,40)(H,41,42). The van der Waals surface area contributed by atoms with Crippen LogP contribution in [0, 0.1) is 5.92 Å². The first kappa shape index (κ1) is 40.4. The zero-order chi connectivity index (χ0) is 31.1. The third-order valence-corrected chi connectivity index (χ3v) is 8.55. The summed E-state index contributed by atoms with van der Waals surface area (Å²) in [5.74, 6) is -1.05. The van der Waals surface area contributed by atoms with Gasteiger partial charge in [-0.1, -0.05) is 149 Å². The van der Waals surface area contributed by atoms with E-state index in [2.05, 4.69) is 31.4 Å². The molecule has 0 aromatic rings. The van der Waals surface area contributed by atoms with Gasteiger partial charge in [0, 0.05) is 18.9 Å². The molecule has 0 saturated heterocycles. The predicted molar refractivity (Wildman–Crippen MR) is 178 cm³/mol. The van der Waals surface area contributed by atoms with Crippen molar-refractivity contribution in [2.24, 2.45) is 5.92 Å². The molecular weight excluding hydrogens is 524 g/mol. The number of carbonyl (C=O) groups excluding carboxylic acids is 2. The van der Waals surface area contributed by atoms with E-state index in [1.165, 1.54) is 96.3 Å². The maximum Gasteiger partial charge on any atom is 0.326 e. The van der Waals surface area contributed by atoms with Crippen LogP contribution in [-0.4, -0.2) is 35.5 Å². The first-order valence-corrected chi connectivity index (χ1v) is 18.3. The van der Waals surface area contributed by atoms with Gasteiger partial charge in [0.25, 0.3) is 0 Å². The lowest BCUT2D eigenvalue weighted by atomic mass is 9.93. The first-order valence-electron chi connectivity index (χ1n) is 18.3. The van der Waals surface area contributed by atoms with Crippen molar-refractivity contribution >= 4 is 17.8 Å². The summed E-state index contributed by atoms with van der Waals surface area (Å²) in [6.07, 6.45) is 29.5. The lowest BCUT2D eigenvalue weighted by Crippen LogP contribution is -2.43. The van der Waals surface area contributed by atoms with Crippen LogP contribution in [0.3, 0.4) is 0 Å². The minimum absolute atomic E-state index is 0.0851. The van der Waals surface area contributed by atoms with Crippen molar-refractivity contribution in [1.82, 2.24) is 10.6 Å². The number of nitrogens with one attached hydrogen (secondary N) is 2. The second-order valence-electron chi connectivity index (χ2n) is 12.6. The van der Waals surface area contributed by atoms with Crippen LogP contribution < -0.4 is 10.6 Å². The van der Waals surface area contributed by atoms with Crippen molar-refractivity contribution in [1.29, 1.82) is 0 Å². The molecule has 0 heterocycles. The summed E-state index contributed by atoms with van der Waals surface area (Å²) in [6, 6.07) is -0.855. The molecule has 6 heteroatoms. The highest BCUT2D eigenvalue weighted by Gasteiger charge is 2.24. The van der Waals surface area contributed by atoms with Crippen LogP contribution in [-0.2, 0) is 14.4 Å². The number of rotatable bonds is 32. The zero-order valence-corrected chi connectivity index (χ0v) is 28.1. The van der Waals surface area contributed by atoms with Gasteiger partial charge in [-0.25, -0.2) is 4.79 Å². The van der Waals surface area contributed by atoms with E-state index in [0.717, 1.165) is 57.8 Å². The Labute approximate surface area is 260 Å². The van der Waals surface area contributed by atoms with Crippen molar-refractivity contribution in [3.8, 4) is 0 Å². The maximum absolute atomic E-state index is 13.2. The summed E-state index contributed by atoms with van der Waals surface area (Å²) in [5.41, 5.74) is 0. The van der Waals surface area contributed by atoms with Gasteiger partial charge in [-0.05, 0) is 38.5 Å². The van der Waals surface area contributed by atoms with Gasteiger partial charge in [0.05, 0.1) is 0 Å². The largest absolute Gasteiger partial charge is 0.480 e. The number of hydrogen-bond acceptors (Lipinski definition) is 3. The van der Waals surface area contributed by atoms with E-state index in [4.69, 9.17) is 0 Å². The highest BCUT2D eigenvalue weighted by atomic mass is 16.4. The Morgan fingerprint density at radius 1 is 0.524 bits per heavy atom. The normalized spacial score (nSPS) is 12.6. The molecule has 0 aliphatic carbocycles. The van der Waals surface area contributed by atoms with E-state index >= 15 is 0 Å². The fourth-order valence-electron chi connectivity index (χ4n) is 5.68. The number of amides is 2. The van der Waals surface area contributed by atoms with Crippen molar-refractivity contribution in [2.75, 3.05) is 6.54 Å². The number of carbonyl (C=O) groups is 3. The molecule has 0 aromatic carbocycles. The summed E-state index contributed by atoms with van der Waals surface area (Å²) in [5, 5.41) is 15.6. The van der Waals surface area contributed by atoms with Crippen LogP contribution in [0.4, 0.5) is 0 Å². The Balaban J connectivity index is 4.30. The molecule has 0 bridgehead atoms. The van der Waals surface area contributed by atoms with Gasteiger partial charge in [0.15, 0.2) is 0 Å². The molecule has 0 rings (SSSR count). The van der Waals surface area contributed by atoms with Crippen LogP contribution >= 0.6 is 0 Å². The van der Waals surface area contributed by atoms with Crippen molar-refractivity contribution in [2.45, 2.75) is 200 Å². The molecule has 42 heavy (non-hydrogen) atoms. The van der Waals surface area contributed by atoms with Crippen molar-refractivity contribution < 1.29 is 19.5 Å². The van der Waals surface area contributed by atoms with E-state index in [0.29, 0.717) is 25.8 Å². The lowest BCUT2D eigenvalue weighted by Gasteiger charge is -2.21. The molecule has 6 nitrogen and oxygen atoms in total. The summed E-state index contributed by atoms with van der Waals surface area (Å²) >= 11 is 0. The van der Waals surface area contributed by atoms with E-state index in [-0.39, 0.29) is 17.7 Å². The number of unbranched alkanes of at least 4 members (excludes halogenated alkanes) is 19. The molecule has 3 N–H and O–H groups in total. The molecule has 2 amide bonds. The summed E-state index contributed by atoms with van der Waals surface area (Å²) in [6.45, 7) is 7.24. The minimum atomic E-state index is -0.963. The Kier molecular flexibility index (Phi) is 29.7. The van der Waals surface area contributed by atoms with Crippen LogP contribution in [0.5, 0.6) is 0 Å². The molecule has 2 unspecified atom stereocenters. The first-order chi connectivity index (χ1) is 20.5. The number of hydrogen-bond donors (Lipinski definition) is 3. The van der Waals surface area contributed by atoms with Gasteiger partial charge in [-0.15, -0.1) is 0 Å². The van der Waals surface area contributed by atoms with Crippen molar-refractivity contribution in [3.63, 3.8) is 0 Å². The Hall–Kier alpha value is -1.59. The molecule has 0 saturated carbocycles. The Morgan fingerprint density at radius 3 is 1.38 bits per heavy atom. The summed E-state index contributed by atoms with van der Waals surface area (Å²) in [7, 11) is 0. The topological polar surface area (TPSA) is 95.5 Å². The van der Waals surface area contributed by atoms with E-state index in [1.54, 1.807) is 0 Å². The molecule has 0 fully saturated rings. The quantitative estimate of drug-likeness (QED) is 0.0675. The molecule has 0 radical (unpaired) electrons. The van der Waals surface area contributed by atoms with E-state index in [9.17, 15) is 19.5 Å². The van der Waals surface area contributed by atoms with E-state index in [1.807, 2.05) is 0 Å². The second-order valence-corrected chi connectivity index (χ2v) is 12.6. The third kappa shape index (κ3) is 26.1. The summed E-state index contributed by atoms with van der Waals surface area (Å²) < 4.78 is 0. The van der Waals surface area contributed by atoms with Gasteiger partial charge < -0.3 is 15.7 Å². The van der Waals surface area contributed by atoms with E-state index < -0.39 is 12.0 Å². The van der Waals surface area contributed by atoms with Crippen LogP contribution in [0.1, 0.15) is 194 Å². The fourth-order valence-corrected chi connectivity index (χ4v) is 5.68. The van der Waals surface area contributed by atoms with Gasteiger partial charge in [0.2, 0.25) is 11.8 Å². The van der Waals surface area contributed by atoms with Gasteiger partial charge in [0.1, 0.15) is 6.04 Å². The number of aliphatic carboxylic acids is 1. The molecule has 2 atom stereocenters. The SMILES string of the molecule is CCCCCCCCCCCC(=O)NCCCCC(NC(=O)C(CCCCCCC)CCCCCCCCC)C(=O)O. The molecule has 0 aliphatic heterocycles. The summed E-state index contributed by atoms with van der Waals surface area (Å²) in [4.78, 5) is 37.2. The Bertz CT molecular complexity index is 640. The molecule has 0 aromatic heterocycles. The minimum Gasteiger partial charge on any atom is -0.480 e. The van der Waals surface area contributed by atoms with Crippen LogP contribution in [0.2, 0.25) is 0 Å². The monoisotopic (exact) mass is 595 g/mol. The number of carboxylic acids is 1. The highest BCUT2D eigenvalue weighted by Crippen LogP contribution is 2.20. The van der Waals surface area contributed by atoms with Crippen LogP contribution in [0.25, 0.3) is 0 Å². The average molecular weight is 595 g/mol. The lowest BCUT2D eigenvalue weighted by molar-refractivity contribution is -0.142. The van der Waals surface area contributed by atoms with Gasteiger partial charge >= 0.3 is 5.97 Å². The molecule has 0 spiro atoms. The fraction of sp³-hybridized carbons (Fsp3) is 0.917. The smallest absolute Gasteiger partial charge is 0.326 e. The highest BCUT2D eigenvalue weighted by molar-refractivity contribution is 5.84. The molecule has 248 valence electrons. The average Bonchev–Trinajstić information content (AvgIpc) is 2.97. The van der Waals surface area contributed by atoms with Gasteiger partial charge in [-0.3, -0.25) is 9.59 Å². The maximum atomic E-state index is 13.2. The van der Waals surface area contributed by atoms with Crippen molar-refractivity contribution in [3.05, 3.63) is 0 Å². The van der Waals surface area contributed by atoms with Gasteiger partial charge in [-0.2, -0.15) is 0 Å². The number of carboxylic acid groups (broad SMARTS) is 1. The molecule has 0 aliphatic rings.